The Hall–Kier alpha value is -1.68. The van der Waals surface area contributed by atoms with Crippen LogP contribution in [0.2, 0.25) is 0 Å². The van der Waals surface area contributed by atoms with Crippen molar-refractivity contribution in [3.8, 4) is 0 Å². The molecule has 1 aromatic heterocycles. The Balaban J connectivity index is 1.98. The van der Waals surface area contributed by atoms with Gasteiger partial charge in [-0.1, -0.05) is 30.3 Å². The lowest BCUT2D eigenvalue weighted by molar-refractivity contribution is -0.146. The van der Waals surface area contributed by atoms with Gasteiger partial charge in [0, 0.05) is 4.88 Å². The van der Waals surface area contributed by atoms with Crippen molar-refractivity contribution in [2.24, 2.45) is 0 Å². The highest BCUT2D eigenvalue weighted by molar-refractivity contribution is 7.11. The standard InChI is InChI=1S/C15H17NO2S/c1-10(14-11(2)16-12(3)19-14)15(17)18-9-13-7-5-4-6-8-13/h4-8,10H,9H2,1-3H3. The van der Waals surface area contributed by atoms with Crippen molar-refractivity contribution in [2.75, 3.05) is 0 Å². The van der Waals surface area contributed by atoms with Gasteiger partial charge in [0.05, 0.1) is 16.6 Å². The summed E-state index contributed by atoms with van der Waals surface area (Å²) in [5.41, 5.74) is 1.92. The number of carbonyl (C=O) groups excluding carboxylic acids is 1. The van der Waals surface area contributed by atoms with E-state index in [1.54, 1.807) is 11.3 Å². The Morgan fingerprint density at radius 3 is 2.58 bits per heavy atom. The number of aromatic nitrogens is 1. The number of aryl methyl sites for hydroxylation is 2. The average molecular weight is 275 g/mol. The molecule has 4 heteroatoms. The monoisotopic (exact) mass is 275 g/mol. The van der Waals surface area contributed by atoms with E-state index in [4.69, 9.17) is 4.74 Å². The minimum atomic E-state index is -0.255. The van der Waals surface area contributed by atoms with E-state index in [0.29, 0.717) is 6.61 Å². The second-order valence-corrected chi connectivity index (χ2v) is 5.73. The maximum Gasteiger partial charge on any atom is 0.314 e. The second-order valence-electron chi connectivity index (χ2n) is 4.50. The lowest BCUT2D eigenvalue weighted by Crippen LogP contribution is -2.13. The number of rotatable bonds is 4. The molecule has 1 heterocycles. The summed E-state index contributed by atoms with van der Waals surface area (Å²) in [7, 11) is 0. The normalized spacial score (nSPS) is 12.2. The highest BCUT2D eigenvalue weighted by Crippen LogP contribution is 2.27. The Morgan fingerprint density at radius 1 is 1.32 bits per heavy atom. The molecule has 1 atom stereocenters. The predicted molar refractivity (Wildman–Crippen MR) is 76.2 cm³/mol. The highest BCUT2D eigenvalue weighted by Gasteiger charge is 2.21. The SMILES string of the molecule is Cc1nc(C)c(C(C)C(=O)OCc2ccccc2)s1. The first-order valence-corrected chi connectivity index (χ1v) is 7.04. The Bertz CT molecular complexity index is 563. The number of ether oxygens (including phenoxy) is 1. The molecule has 1 unspecified atom stereocenters. The van der Waals surface area contributed by atoms with E-state index in [9.17, 15) is 4.79 Å². The molecule has 0 amide bonds. The molecule has 0 spiro atoms. The molecular formula is C15H17NO2S. The molecule has 0 aliphatic rings. The van der Waals surface area contributed by atoms with Crippen LogP contribution >= 0.6 is 11.3 Å². The van der Waals surface area contributed by atoms with Gasteiger partial charge in [-0.25, -0.2) is 4.98 Å². The van der Waals surface area contributed by atoms with Gasteiger partial charge in [0.15, 0.2) is 0 Å². The summed E-state index contributed by atoms with van der Waals surface area (Å²) in [6, 6.07) is 9.70. The molecule has 100 valence electrons. The number of carbonyl (C=O) groups is 1. The average Bonchev–Trinajstić information content (AvgIpc) is 2.75. The van der Waals surface area contributed by atoms with Crippen LogP contribution < -0.4 is 0 Å². The molecule has 0 N–H and O–H groups in total. The zero-order chi connectivity index (χ0) is 13.8. The van der Waals surface area contributed by atoms with Crippen LogP contribution in [0.25, 0.3) is 0 Å². The van der Waals surface area contributed by atoms with Gasteiger partial charge in [0.2, 0.25) is 0 Å². The molecule has 2 aromatic rings. The van der Waals surface area contributed by atoms with Crippen LogP contribution in [0.3, 0.4) is 0 Å². The van der Waals surface area contributed by atoms with Crippen LogP contribution in [0, 0.1) is 13.8 Å². The van der Waals surface area contributed by atoms with Crippen LogP contribution in [0.5, 0.6) is 0 Å². The molecule has 0 aliphatic carbocycles. The first-order valence-electron chi connectivity index (χ1n) is 6.22. The van der Waals surface area contributed by atoms with E-state index in [1.165, 1.54) is 0 Å². The minimum absolute atomic E-state index is 0.199. The van der Waals surface area contributed by atoms with Crippen LogP contribution in [-0.4, -0.2) is 11.0 Å². The summed E-state index contributed by atoms with van der Waals surface area (Å²) in [5, 5.41) is 0.982. The maximum atomic E-state index is 12.0. The zero-order valence-corrected chi connectivity index (χ0v) is 12.2. The van der Waals surface area contributed by atoms with Gasteiger partial charge in [-0.3, -0.25) is 4.79 Å². The van der Waals surface area contributed by atoms with Crippen molar-refractivity contribution in [2.45, 2.75) is 33.3 Å². The molecule has 0 aliphatic heterocycles. The minimum Gasteiger partial charge on any atom is -0.460 e. The van der Waals surface area contributed by atoms with E-state index >= 15 is 0 Å². The molecule has 0 saturated heterocycles. The Kier molecular flexibility index (Phi) is 4.32. The fourth-order valence-electron chi connectivity index (χ4n) is 1.91. The van der Waals surface area contributed by atoms with Gasteiger partial charge in [-0.15, -0.1) is 11.3 Å². The lowest BCUT2D eigenvalue weighted by atomic mass is 10.1. The quantitative estimate of drug-likeness (QED) is 0.800. The third-order valence-corrected chi connectivity index (χ3v) is 4.17. The molecule has 1 aromatic carbocycles. The Labute approximate surface area is 117 Å². The van der Waals surface area contributed by atoms with Crippen LogP contribution in [-0.2, 0) is 16.1 Å². The maximum absolute atomic E-state index is 12.0. The van der Waals surface area contributed by atoms with Crippen molar-refractivity contribution in [1.29, 1.82) is 0 Å². The van der Waals surface area contributed by atoms with Gasteiger partial charge in [0.1, 0.15) is 6.61 Å². The van der Waals surface area contributed by atoms with Crippen LogP contribution in [0.15, 0.2) is 30.3 Å². The van der Waals surface area contributed by atoms with Crippen molar-refractivity contribution in [1.82, 2.24) is 4.98 Å². The number of thiazole rings is 1. The van der Waals surface area contributed by atoms with E-state index in [0.717, 1.165) is 21.1 Å². The molecule has 0 saturated carbocycles. The summed E-state index contributed by atoms with van der Waals surface area (Å²) in [6.07, 6.45) is 0. The van der Waals surface area contributed by atoms with E-state index in [2.05, 4.69) is 4.98 Å². The van der Waals surface area contributed by atoms with Crippen LogP contribution in [0.4, 0.5) is 0 Å². The van der Waals surface area contributed by atoms with Crippen molar-refractivity contribution in [3.05, 3.63) is 51.5 Å². The first kappa shape index (κ1) is 13.7. The molecule has 3 nitrogen and oxygen atoms in total. The lowest BCUT2D eigenvalue weighted by Gasteiger charge is -2.10. The first-order chi connectivity index (χ1) is 9.08. The predicted octanol–water partition coefficient (Wildman–Crippen LogP) is 3.61. The molecule has 0 fully saturated rings. The van der Waals surface area contributed by atoms with Gasteiger partial charge >= 0.3 is 5.97 Å². The number of hydrogen-bond donors (Lipinski definition) is 0. The van der Waals surface area contributed by atoms with Crippen LogP contribution in [0.1, 0.15) is 34.0 Å². The summed E-state index contributed by atoms with van der Waals surface area (Å²) >= 11 is 1.56. The molecular weight excluding hydrogens is 258 g/mol. The summed E-state index contributed by atoms with van der Waals surface area (Å²) in [5.74, 6) is -0.453. The number of hydrogen-bond acceptors (Lipinski definition) is 4. The van der Waals surface area contributed by atoms with Gasteiger partial charge in [-0.2, -0.15) is 0 Å². The second kappa shape index (κ2) is 5.97. The van der Waals surface area contributed by atoms with E-state index in [-0.39, 0.29) is 11.9 Å². The van der Waals surface area contributed by atoms with E-state index < -0.39 is 0 Å². The molecule has 0 bridgehead atoms. The van der Waals surface area contributed by atoms with Gasteiger partial charge < -0.3 is 4.74 Å². The third kappa shape index (κ3) is 3.41. The van der Waals surface area contributed by atoms with Crippen molar-refractivity contribution < 1.29 is 9.53 Å². The topological polar surface area (TPSA) is 39.2 Å². The largest absolute Gasteiger partial charge is 0.460 e. The zero-order valence-electron chi connectivity index (χ0n) is 11.3. The smallest absolute Gasteiger partial charge is 0.314 e. The van der Waals surface area contributed by atoms with Gasteiger partial charge in [-0.05, 0) is 26.3 Å². The summed E-state index contributed by atoms with van der Waals surface area (Å²) < 4.78 is 5.35. The summed E-state index contributed by atoms with van der Waals surface area (Å²) in [6.45, 7) is 6.07. The van der Waals surface area contributed by atoms with Crippen molar-refractivity contribution >= 4 is 17.3 Å². The fraction of sp³-hybridized carbons (Fsp3) is 0.333. The van der Waals surface area contributed by atoms with E-state index in [1.807, 2.05) is 51.1 Å². The highest BCUT2D eigenvalue weighted by atomic mass is 32.1. The molecule has 19 heavy (non-hydrogen) atoms. The number of nitrogens with zero attached hydrogens (tertiary/aromatic N) is 1. The molecule has 2 rings (SSSR count). The third-order valence-electron chi connectivity index (χ3n) is 2.91. The molecule has 0 radical (unpaired) electrons. The van der Waals surface area contributed by atoms with Crippen molar-refractivity contribution in [3.63, 3.8) is 0 Å². The fourth-order valence-corrected chi connectivity index (χ4v) is 2.88. The number of esters is 1. The Morgan fingerprint density at radius 2 is 2.00 bits per heavy atom. The summed E-state index contributed by atoms with van der Waals surface area (Å²) in [4.78, 5) is 17.4. The van der Waals surface area contributed by atoms with Gasteiger partial charge in [0.25, 0.3) is 0 Å². The number of benzene rings is 1.